The van der Waals surface area contributed by atoms with Gasteiger partial charge in [-0.2, -0.15) is 5.26 Å². The van der Waals surface area contributed by atoms with Crippen LogP contribution in [0.25, 0.3) is 17.5 Å². The molecule has 30 heavy (non-hydrogen) atoms. The number of hydrogen-bond donors (Lipinski definition) is 1. The highest BCUT2D eigenvalue weighted by atomic mass is 16.5. The molecule has 1 aromatic heterocycles. The maximum atomic E-state index is 12.1. The third-order valence-corrected chi connectivity index (χ3v) is 3.79. The van der Waals surface area contributed by atoms with Crippen LogP contribution in [0.4, 0.5) is 6.01 Å². The standard InChI is InChI=1S/C21H16N4O5/c1-28-17-9-7-14(8-10-17)11-16(12-22)20(27)29-13-18(26)23-21-25-24-19(30-21)15-5-3-2-4-6-15/h2-11H,13H2,1H3,(H,23,25,26)/b16-11+. The molecule has 9 heteroatoms. The van der Waals surface area contributed by atoms with Gasteiger partial charge in [0.05, 0.1) is 7.11 Å². The van der Waals surface area contributed by atoms with Crippen molar-refractivity contribution >= 4 is 24.0 Å². The summed E-state index contributed by atoms with van der Waals surface area (Å²) in [6.45, 7) is -0.622. The predicted molar refractivity (Wildman–Crippen MR) is 106 cm³/mol. The Morgan fingerprint density at radius 3 is 2.53 bits per heavy atom. The van der Waals surface area contributed by atoms with Crippen molar-refractivity contribution in [2.24, 2.45) is 0 Å². The van der Waals surface area contributed by atoms with Gasteiger partial charge in [0.15, 0.2) is 6.61 Å². The second kappa shape index (κ2) is 9.66. The van der Waals surface area contributed by atoms with Crippen LogP contribution in [0.15, 0.2) is 64.6 Å². The molecule has 2 aromatic carbocycles. The van der Waals surface area contributed by atoms with E-state index in [0.717, 1.165) is 0 Å². The van der Waals surface area contributed by atoms with Gasteiger partial charge < -0.3 is 13.9 Å². The number of anilines is 1. The van der Waals surface area contributed by atoms with Gasteiger partial charge in [-0.15, -0.1) is 5.10 Å². The third-order valence-electron chi connectivity index (χ3n) is 3.79. The molecule has 0 aliphatic rings. The molecule has 0 bridgehead atoms. The Morgan fingerprint density at radius 2 is 1.87 bits per heavy atom. The first-order chi connectivity index (χ1) is 14.6. The summed E-state index contributed by atoms with van der Waals surface area (Å²) in [5.41, 5.74) is 1.05. The molecule has 3 rings (SSSR count). The lowest BCUT2D eigenvalue weighted by molar-refractivity contribution is -0.142. The molecule has 1 amide bonds. The molecule has 150 valence electrons. The van der Waals surface area contributed by atoms with E-state index in [4.69, 9.17) is 13.9 Å². The lowest BCUT2D eigenvalue weighted by atomic mass is 10.1. The van der Waals surface area contributed by atoms with Gasteiger partial charge in [0.1, 0.15) is 17.4 Å². The molecule has 9 nitrogen and oxygen atoms in total. The second-order valence-electron chi connectivity index (χ2n) is 5.85. The van der Waals surface area contributed by atoms with Gasteiger partial charge in [-0.1, -0.05) is 35.4 Å². The molecule has 1 heterocycles. The Hall–Kier alpha value is -4.45. The van der Waals surface area contributed by atoms with Crippen LogP contribution in [-0.2, 0) is 14.3 Å². The average molecular weight is 404 g/mol. The highest BCUT2D eigenvalue weighted by Crippen LogP contribution is 2.19. The molecule has 0 saturated carbocycles. The Bertz CT molecular complexity index is 1100. The number of nitrogens with zero attached hydrogens (tertiary/aromatic N) is 3. The number of nitrogens with one attached hydrogen (secondary N) is 1. The van der Waals surface area contributed by atoms with E-state index in [2.05, 4.69) is 15.5 Å². The molecule has 0 atom stereocenters. The average Bonchev–Trinajstić information content (AvgIpc) is 3.25. The molecule has 0 spiro atoms. The summed E-state index contributed by atoms with van der Waals surface area (Å²) in [7, 11) is 1.53. The highest BCUT2D eigenvalue weighted by Gasteiger charge is 2.15. The molecule has 0 unspecified atom stereocenters. The number of hydrogen-bond acceptors (Lipinski definition) is 8. The van der Waals surface area contributed by atoms with Gasteiger partial charge >= 0.3 is 12.0 Å². The molecule has 1 N–H and O–H groups in total. The summed E-state index contributed by atoms with van der Waals surface area (Å²) in [5, 5.41) is 19.1. The van der Waals surface area contributed by atoms with Gasteiger partial charge in [0, 0.05) is 5.56 Å². The fourth-order valence-corrected chi connectivity index (χ4v) is 2.34. The largest absolute Gasteiger partial charge is 0.497 e. The Balaban J connectivity index is 1.55. The van der Waals surface area contributed by atoms with Crippen LogP contribution in [0.3, 0.4) is 0 Å². The maximum Gasteiger partial charge on any atom is 0.349 e. The number of amides is 1. The SMILES string of the molecule is COc1ccc(/C=C(\C#N)C(=O)OCC(=O)Nc2nnc(-c3ccccc3)o2)cc1. The second-order valence-corrected chi connectivity index (χ2v) is 5.85. The number of carbonyl (C=O) groups is 2. The van der Waals surface area contributed by atoms with E-state index < -0.39 is 18.5 Å². The van der Waals surface area contributed by atoms with Crippen molar-refractivity contribution < 1.29 is 23.5 Å². The number of methoxy groups -OCH3 is 1. The van der Waals surface area contributed by atoms with E-state index in [1.807, 2.05) is 18.2 Å². The fraction of sp³-hybridized carbons (Fsp3) is 0.0952. The van der Waals surface area contributed by atoms with E-state index >= 15 is 0 Å². The Morgan fingerprint density at radius 1 is 1.13 bits per heavy atom. The Kier molecular flexibility index (Phi) is 6.53. The summed E-state index contributed by atoms with van der Waals surface area (Å²) in [6, 6.07) is 17.4. The molecular weight excluding hydrogens is 388 g/mol. The Labute approximate surface area is 171 Å². The van der Waals surface area contributed by atoms with Crippen molar-refractivity contribution in [3.05, 3.63) is 65.7 Å². The summed E-state index contributed by atoms with van der Waals surface area (Å²) in [4.78, 5) is 24.0. The smallest absolute Gasteiger partial charge is 0.349 e. The lowest BCUT2D eigenvalue weighted by Crippen LogP contribution is -2.21. The zero-order valence-corrected chi connectivity index (χ0v) is 15.9. The van der Waals surface area contributed by atoms with E-state index in [-0.39, 0.29) is 17.5 Å². The highest BCUT2D eigenvalue weighted by molar-refractivity contribution is 5.99. The maximum absolute atomic E-state index is 12.1. The van der Waals surface area contributed by atoms with E-state index in [1.165, 1.54) is 13.2 Å². The van der Waals surface area contributed by atoms with Crippen LogP contribution in [0.2, 0.25) is 0 Å². The predicted octanol–water partition coefficient (Wildman–Crippen LogP) is 2.83. The van der Waals surface area contributed by atoms with Crippen LogP contribution in [-0.4, -0.2) is 35.8 Å². The van der Waals surface area contributed by atoms with Crippen molar-refractivity contribution in [3.63, 3.8) is 0 Å². The topological polar surface area (TPSA) is 127 Å². The molecular formula is C21H16N4O5. The number of benzene rings is 2. The van der Waals surface area contributed by atoms with Gasteiger partial charge in [0.25, 0.3) is 5.91 Å². The number of aromatic nitrogens is 2. The molecule has 0 saturated heterocycles. The first-order valence-electron chi connectivity index (χ1n) is 8.71. The minimum Gasteiger partial charge on any atom is -0.497 e. The van der Waals surface area contributed by atoms with Crippen molar-refractivity contribution in [1.29, 1.82) is 5.26 Å². The minimum absolute atomic E-state index is 0.135. The quantitative estimate of drug-likeness (QED) is 0.362. The molecule has 0 fully saturated rings. The molecule has 0 radical (unpaired) electrons. The van der Waals surface area contributed by atoms with Crippen LogP contribution in [0.5, 0.6) is 5.75 Å². The van der Waals surface area contributed by atoms with Gasteiger partial charge in [-0.3, -0.25) is 10.1 Å². The zero-order valence-electron chi connectivity index (χ0n) is 15.9. The van der Waals surface area contributed by atoms with Crippen molar-refractivity contribution in [2.75, 3.05) is 19.0 Å². The van der Waals surface area contributed by atoms with Gasteiger partial charge in [-0.05, 0) is 35.9 Å². The van der Waals surface area contributed by atoms with E-state index in [0.29, 0.717) is 16.9 Å². The van der Waals surface area contributed by atoms with Crippen molar-refractivity contribution in [1.82, 2.24) is 10.2 Å². The van der Waals surface area contributed by atoms with E-state index in [1.54, 1.807) is 42.5 Å². The van der Waals surface area contributed by atoms with Crippen LogP contribution in [0.1, 0.15) is 5.56 Å². The number of rotatable bonds is 7. The third kappa shape index (κ3) is 5.30. The van der Waals surface area contributed by atoms with Gasteiger partial charge in [-0.25, -0.2) is 4.79 Å². The van der Waals surface area contributed by atoms with Crippen LogP contribution < -0.4 is 10.1 Å². The molecule has 0 aliphatic carbocycles. The van der Waals surface area contributed by atoms with Crippen LogP contribution >= 0.6 is 0 Å². The van der Waals surface area contributed by atoms with Crippen LogP contribution in [0, 0.1) is 11.3 Å². The fourth-order valence-electron chi connectivity index (χ4n) is 2.34. The lowest BCUT2D eigenvalue weighted by Gasteiger charge is -2.04. The van der Waals surface area contributed by atoms with E-state index in [9.17, 15) is 14.9 Å². The zero-order chi connectivity index (χ0) is 21.3. The summed E-state index contributed by atoms with van der Waals surface area (Å²) >= 11 is 0. The summed E-state index contributed by atoms with van der Waals surface area (Å²) in [6.07, 6.45) is 1.35. The normalized spacial score (nSPS) is 10.7. The number of ether oxygens (including phenoxy) is 2. The number of carbonyl (C=O) groups excluding carboxylic acids is 2. The summed E-state index contributed by atoms with van der Waals surface area (Å²) < 4.78 is 15.3. The van der Waals surface area contributed by atoms with Crippen molar-refractivity contribution in [2.45, 2.75) is 0 Å². The molecule has 3 aromatic rings. The summed E-state index contributed by atoms with van der Waals surface area (Å²) in [5.74, 6) is -0.745. The first-order valence-corrected chi connectivity index (χ1v) is 8.71. The van der Waals surface area contributed by atoms with Gasteiger partial charge in [0.2, 0.25) is 5.89 Å². The number of esters is 1. The minimum atomic E-state index is -0.932. The molecule has 0 aliphatic heterocycles. The first kappa shape index (κ1) is 20.3. The monoisotopic (exact) mass is 404 g/mol. The number of nitriles is 1. The van der Waals surface area contributed by atoms with Crippen molar-refractivity contribution in [3.8, 4) is 23.3 Å².